The fourth-order valence-electron chi connectivity index (χ4n) is 3.61. The van der Waals surface area contributed by atoms with Gasteiger partial charge < -0.3 is 21.4 Å². The van der Waals surface area contributed by atoms with Crippen molar-refractivity contribution in [2.45, 2.75) is 18.9 Å². The topological polar surface area (TPSA) is 137 Å². The summed E-state index contributed by atoms with van der Waals surface area (Å²) in [7, 11) is 0. The van der Waals surface area contributed by atoms with Gasteiger partial charge in [-0.05, 0) is 42.3 Å². The lowest BCUT2D eigenvalue weighted by Gasteiger charge is -2.13. The zero-order chi connectivity index (χ0) is 22.0. The van der Waals surface area contributed by atoms with Crippen LogP contribution in [0.5, 0.6) is 0 Å². The second kappa shape index (κ2) is 8.31. The van der Waals surface area contributed by atoms with Crippen molar-refractivity contribution in [3.8, 4) is 0 Å². The number of benzene rings is 2. The fraction of sp³-hybridized carbons (Fsp3) is 0.182. The van der Waals surface area contributed by atoms with Gasteiger partial charge in [0.25, 0.3) is 5.91 Å². The number of fused-ring (bicyclic) bond motifs is 1. The summed E-state index contributed by atoms with van der Waals surface area (Å²) in [5.41, 5.74) is 7.97. The van der Waals surface area contributed by atoms with Crippen LogP contribution in [0.2, 0.25) is 0 Å². The molecule has 9 heteroatoms. The Morgan fingerprint density at radius 2 is 1.81 bits per heavy atom. The number of nitrogens with one attached hydrogen (secondary N) is 3. The fourth-order valence-corrected chi connectivity index (χ4v) is 3.61. The summed E-state index contributed by atoms with van der Waals surface area (Å²) < 4.78 is 0. The van der Waals surface area contributed by atoms with Crippen molar-refractivity contribution >= 4 is 40.3 Å². The van der Waals surface area contributed by atoms with E-state index in [9.17, 15) is 19.2 Å². The number of carbonyl (C=O) groups is 4. The Bertz CT molecular complexity index is 1170. The quantitative estimate of drug-likeness (QED) is 0.434. The predicted molar refractivity (Wildman–Crippen MR) is 114 cm³/mol. The van der Waals surface area contributed by atoms with Crippen LogP contribution in [0, 0.1) is 0 Å². The number of aromatic amines is 1. The number of imide groups is 1. The van der Waals surface area contributed by atoms with Crippen molar-refractivity contribution in [3.63, 3.8) is 0 Å². The van der Waals surface area contributed by atoms with E-state index < -0.39 is 29.8 Å². The molecule has 5 amide bonds. The monoisotopic (exact) mass is 419 g/mol. The molecule has 0 unspecified atom stereocenters. The number of H-pyrrole nitrogens is 1. The maximum Gasteiger partial charge on any atom is 0.324 e. The van der Waals surface area contributed by atoms with Crippen molar-refractivity contribution in [3.05, 3.63) is 65.9 Å². The zero-order valence-corrected chi connectivity index (χ0v) is 16.6. The van der Waals surface area contributed by atoms with E-state index in [0.29, 0.717) is 17.7 Å². The first-order valence-corrected chi connectivity index (χ1v) is 9.79. The minimum atomic E-state index is -0.916. The molecular weight excluding hydrogens is 398 g/mol. The first-order valence-electron chi connectivity index (χ1n) is 9.79. The Kier molecular flexibility index (Phi) is 5.40. The van der Waals surface area contributed by atoms with Crippen LogP contribution < -0.4 is 16.4 Å². The molecule has 0 saturated carbocycles. The van der Waals surface area contributed by atoms with Gasteiger partial charge in [-0.3, -0.25) is 19.3 Å². The highest BCUT2D eigenvalue weighted by Crippen LogP contribution is 2.19. The molecular formula is C22H21N5O4. The Balaban J connectivity index is 1.34. The number of hydrogen-bond donors (Lipinski definition) is 4. The SMILES string of the molecule is NC(=O)c1ccc(NC(=O)C[C@H]2NC(=O)N(CCc3c[nH]c4ccccc34)C2=O)cc1. The van der Waals surface area contributed by atoms with Gasteiger partial charge in [0, 0.05) is 34.9 Å². The van der Waals surface area contributed by atoms with Gasteiger partial charge in [-0.15, -0.1) is 0 Å². The van der Waals surface area contributed by atoms with Gasteiger partial charge in [-0.2, -0.15) is 0 Å². The van der Waals surface area contributed by atoms with E-state index in [1.54, 1.807) is 12.1 Å². The molecule has 0 radical (unpaired) electrons. The molecule has 31 heavy (non-hydrogen) atoms. The van der Waals surface area contributed by atoms with Gasteiger partial charge >= 0.3 is 6.03 Å². The van der Waals surface area contributed by atoms with Crippen LogP contribution in [0.3, 0.4) is 0 Å². The van der Waals surface area contributed by atoms with Crippen LogP contribution in [-0.2, 0) is 16.0 Å². The average Bonchev–Trinajstić information content (AvgIpc) is 3.27. The lowest BCUT2D eigenvalue weighted by molar-refractivity contribution is -0.129. The van der Waals surface area contributed by atoms with Gasteiger partial charge in [0.15, 0.2) is 0 Å². The van der Waals surface area contributed by atoms with Crippen LogP contribution in [-0.4, -0.2) is 46.2 Å². The van der Waals surface area contributed by atoms with Gasteiger partial charge in [0.2, 0.25) is 11.8 Å². The molecule has 0 spiro atoms. The number of urea groups is 1. The van der Waals surface area contributed by atoms with Crippen LogP contribution in [0.15, 0.2) is 54.7 Å². The number of rotatable bonds is 7. The molecule has 158 valence electrons. The molecule has 4 rings (SSSR count). The van der Waals surface area contributed by atoms with Gasteiger partial charge in [0.1, 0.15) is 6.04 Å². The van der Waals surface area contributed by atoms with Gasteiger partial charge in [-0.1, -0.05) is 18.2 Å². The summed E-state index contributed by atoms with van der Waals surface area (Å²) in [4.78, 5) is 52.6. The maximum absolute atomic E-state index is 12.6. The van der Waals surface area contributed by atoms with E-state index in [2.05, 4.69) is 15.6 Å². The number of para-hydroxylation sites is 1. The highest BCUT2D eigenvalue weighted by Gasteiger charge is 2.38. The summed E-state index contributed by atoms with van der Waals surface area (Å²) >= 11 is 0. The number of hydrogen-bond acceptors (Lipinski definition) is 4. The summed E-state index contributed by atoms with van der Waals surface area (Å²) in [6.07, 6.45) is 2.19. The smallest absolute Gasteiger partial charge is 0.324 e. The molecule has 0 bridgehead atoms. The number of anilines is 1. The number of amides is 5. The Morgan fingerprint density at radius 3 is 2.55 bits per heavy atom. The molecule has 3 aromatic rings. The number of carbonyl (C=O) groups excluding carboxylic acids is 4. The van der Waals surface area contributed by atoms with Gasteiger partial charge in [-0.25, -0.2) is 4.79 Å². The molecule has 1 saturated heterocycles. The lowest BCUT2D eigenvalue weighted by atomic mass is 10.1. The molecule has 2 heterocycles. The first kappa shape index (κ1) is 20.1. The van der Waals surface area contributed by atoms with Crippen molar-refractivity contribution < 1.29 is 19.2 Å². The molecule has 1 aliphatic rings. The third-order valence-corrected chi connectivity index (χ3v) is 5.23. The highest BCUT2D eigenvalue weighted by atomic mass is 16.2. The number of aromatic nitrogens is 1. The second-order valence-electron chi connectivity index (χ2n) is 7.30. The zero-order valence-electron chi connectivity index (χ0n) is 16.6. The van der Waals surface area contributed by atoms with E-state index in [1.165, 1.54) is 12.1 Å². The Hall–Kier alpha value is -4.14. The lowest BCUT2D eigenvalue weighted by Crippen LogP contribution is -2.34. The molecule has 1 atom stereocenters. The average molecular weight is 419 g/mol. The second-order valence-corrected chi connectivity index (χ2v) is 7.30. The van der Waals surface area contributed by atoms with Gasteiger partial charge in [0.05, 0.1) is 6.42 Å². The van der Waals surface area contributed by atoms with Crippen LogP contribution in [0.25, 0.3) is 10.9 Å². The molecule has 2 aromatic carbocycles. The van der Waals surface area contributed by atoms with Crippen LogP contribution in [0.4, 0.5) is 10.5 Å². The van der Waals surface area contributed by atoms with E-state index in [-0.39, 0.29) is 13.0 Å². The van der Waals surface area contributed by atoms with E-state index in [0.717, 1.165) is 21.4 Å². The van der Waals surface area contributed by atoms with Crippen molar-refractivity contribution in [1.29, 1.82) is 0 Å². The normalized spacial score (nSPS) is 15.9. The molecule has 1 fully saturated rings. The molecule has 1 aliphatic heterocycles. The van der Waals surface area contributed by atoms with E-state index >= 15 is 0 Å². The number of nitrogens with two attached hydrogens (primary N) is 1. The molecule has 0 aliphatic carbocycles. The largest absolute Gasteiger partial charge is 0.366 e. The third-order valence-electron chi connectivity index (χ3n) is 5.23. The van der Waals surface area contributed by atoms with Crippen molar-refractivity contribution in [2.75, 3.05) is 11.9 Å². The summed E-state index contributed by atoms with van der Waals surface area (Å²) in [6.45, 7) is 0.221. The molecule has 5 N–H and O–H groups in total. The summed E-state index contributed by atoms with van der Waals surface area (Å²) in [5, 5.41) is 6.26. The number of primary amides is 1. The van der Waals surface area contributed by atoms with Crippen LogP contribution >= 0.6 is 0 Å². The standard InChI is InChI=1S/C22H21N5O4/c23-20(29)13-5-7-15(8-6-13)25-19(28)11-18-21(30)27(22(31)26-18)10-9-14-12-24-17-4-2-1-3-16(14)17/h1-8,12,18,24H,9-11H2,(H2,23,29)(H,25,28)(H,26,31)/t18-/m1/s1. The van der Waals surface area contributed by atoms with E-state index in [4.69, 9.17) is 5.73 Å². The van der Waals surface area contributed by atoms with Crippen LogP contribution in [0.1, 0.15) is 22.3 Å². The highest BCUT2D eigenvalue weighted by molar-refractivity contribution is 6.07. The number of nitrogens with zero attached hydrogens (tertiary/aromatic N) is 1. The third kappa shape index (κ3) is 4.25. The maximum atomic E-state index is 12.6. The van der Waals surface area contributed by atoms with E-state index in [1.807, 2.05) is 30.5 Å². The first-order chi connectivity index (χ1) is 14.9. The summed E-state index contributed by atoms with van der Waals surface area (Å²) in [6, 6.07) is 12.5. The van der Waals surface area contributed by atoms with Crippen molar-refractivity contribution in [1.82, 2.24) is 15.2 Å². The minimum absolute atomic E-state index is 0.189. The molecule has 9 nitrogen and oxygen atoms in total. The Labute approximate surface area is 177 Å². The molecule has 1 aromatic heterocycles. The summed E-state index contributed by atoms with van der Waals surface area (Å²) in [5.74, 6) is -1.42. The predicted octanol–water partition coefficient (Wildman–Crippen LogP) is 1.76. The van der Waals surface area contributed by atoms with Crippen molar-refractivity contribution in [2.24, 2.45) is 5.73 Å². The minimum Gasteiger partial charge on any atom is -0.366 e. The Morgan fingerprint density at radius 1 is 1.06 bits per heavy atom.